The van der Waals surface area contributed by atoms with E-state index in [4.69, 9.17) is 9.47 Å². The van der Waals surface area contributed by atoms with Gasteiger partial charge in [-0.2, -0.15) is 13.2 Å². The van der Waals surface area contributed by atoms with Crippen LogP contribution in [0.5, 0.6) is 11.5 Å². The lowest BCUT2D eigenvalue weighted by Crippen LogP contribution is -2.17. The first kappa shape index (κ1) is 19.9. The van der Waals surface area contributed by atoms with E-state index in [2.05, 4.69) is 4.90 Å². The van der Waals surface area contributed by atoms with Crippen molar-refractivity contribution in [3.8, 4) is 11.5 Å². The molecular weight excluding hydrogens is 374 g/mol. The molecule has 0 fully saturated rings. The molecule has 1 aliphatic heterocycles. The van der Waals surface area contributed by atoms with Crippen LogP contribution < -0.4 is 9.47 Å². The van der Waals surface area contributed by atoms with E-state index in [1.54, 1.807) is 12.2 Å². The Balaban J connectivity index is 1.51. The Morgan fingerprint density at radius 1 is 1.04 bits per heavy atom. The summed E-state index contributed by atoms with van der Waals surface area (Å²) in [5.74, 6) is 0.578. The fourth-order valence-corrected chi connectivity index (χ4v) is 2.73. The summed E-state index contributed by atoms with van der Waals surface area (Å²) in [7, 11) is 1.95. The second-order valence-electron chi connectivity index (χ2n) is 6.41. The molecule has 148 valence electrons. The third-order valence-corrected chi connectivity index (χ3v) is 4.16. The topological polar surface area (TPSA) is 21.7 Å². The van der Waals surface area contributed by atoms with Gasteiger partial charge in [-0.3, -0.25) is 4.90 Å². The Morgan fingerprint density at radius 3 is 2.57 bits per heavy atom. The van der Waals surface area contributed by atoms with Crippen LogP contribution in [0.2, 0.25) is 0 Å². The zero-order valence-corrected chi connectivity index (χ0v) is 15.2. The van der Waals surface area contributed by atoms with Crippen LogP contribution in [0.4, 0.5) is 17.6 Å². The van der Waals surface area contributed by atoms with Crippen LogP contribution in [0.3, 0.4) is 0 Å². The summed E-state index contributed by atoms with van der Waals surface area (Å²) in [5, 5.41) is 0. The number of rotatable bonds is 6. The van der Waals surface area contributed by atoms with Gasteiger partial charge in [0.25, 0.3) is 0 Å². The van der Waals surface area contributed by atoms with Crippen molar-refractivity contribution in [3.05, 3.63) is 77.1 Å². The molecule has 0 saturated heterocycles. The smallest absolute Gasteiger partial charge is 0.416 e. The first-order valence-corrected chi connectivity index (χ1v) is 8.60. The maximum atomic E-state index is 13.8. The fraction of sp³-hybridized carbons (Fsp3) is 0.238. The SMILES string of the molecule is CN(CC=CC=Cc1ccc(C(F)(F)F)cc1F)Cc1ccc2c(c1)OCO2. The predicted octanol–water partition coefficient (Wildman–Crippen LogP) is 5.27. The average Bonchev–Trinajstić information content (AvgIpc) is 3.09. The Bertz CT molecular complexity index is 890. The molecule has 2 aromatic rings. The monoisotopic (exact) mass is 393 g/mol. The van der Waals surface area contributed by atoms with Crippen molar-refractivity contribution in [2.75, 3.05) is 20.4 Å². The molecule has 3 rings (SSSR count). The van der Waals surface area contributed by atoms with Gasteiger partial charge in [0.1, 0.15) is 5.82 Å². The number of hydrogen-bond donors (Lipinski definition) is 0. The number of benzene rings is 2. The predicted molar refractivity (Wildman–Crippen MR) is 98.5 cm³/mol. The highest BCUT2D eigenvalue weighted by Gasteiger charge is 2.30. The van der Waals surface area contributed by atoms with Crippen molar-refractivity contribution in [2.45, 2.75) is 12.7 Å². The molecule has 0 spiro atoms. The first-order chi connectivity index (χ1) is 13.3. The summed E-state index contributed by atoms with van der Waals surface area (Å²) >= 11 is 0. The molecule has 7 heteroatoms. The number of hydrogen-bond acceptors (Lipinski definition) is 3. The van der Waals surface area contributed by atoms with E-state index in [1.165, 1.54) is 6.08 Å². The minimum absolute atomic E-state index is 0.103. The van der Waals surface area contributed by atoms with E-state index in [1.807, 2.05) is 31.3 Å². The molecule has 2 aromatic carbocycles. The van der Waals surface area contributed by atoms with Crippen molar-refractivity contribution in [1.29, 1.82) is 0 Å². The lowest BCUT2D eigenvalue weighted by molar-refractivity contribution is -0.137. The van der Waals surface area contributed by atoms with Gasteiger partial charge < -0.3 is 9.47 Å². The van der Waals surface area contributed by atoms with Crippen LogP contribution in [0, 0.1) is 5.82 Å². The van der Waals surface area contributed by atoms with Gasteiger partial charge in [0.2, 0.25) is 6.79 Å². The summed E-state index contributed by atoms with van der Waals surface area (Å²) < 4.78 is 62.0. The van der Waals surface area contributed by atoms with Gasteiger partial charge in [-0.1, -0.05) is 36.4 Å². The molecule has 0 aromatic heterocycles. The third kappa shape index (κ3) is 5.13. The molecular formula is C21H19F4NO2. The van der Waals surface area contributed by atoms with E-state index in [0.29, 0.717) is 19.2 Å². The molecule has 0 atom stereocenters. The quantitative estimate of drug-likeness (QED) is 0.493. The largest absolute Gasteiger partial charge is 0.454 e. The summed E-state index contributed by atoms with van der Waals surface area (Å²) in [6.07, 6.45) is 2.09. The lowest BCUT2D eigenvalue weighted by atomic mass is 10.1. The van der Waals surface area contributed by atoms with Crippen molar-refractivity contribution in [3.63, 3.8) is 0 Å². The average molecular weight is 393 g/mol. The van der Waals surface area contributed by atoms with Gasteiger partial charge in [-0.05, 0) is 36.9 Å². The number of halogens is 4. The van der Waals surface area contributed by atoms with Crippen LogP contribution in [0.15, 0.2) is 54.6 Å². The van der Waals surface area contributed by atoms with Crippen LogP contribution in [-0.4, -0.2) is 25.3 Å². The number of fused-ring (bicyclic) bond motifs is 1. The first-order valence-electron chi connectivity index (χ1n) is 8.60. The highest BCUT2D eigenvalue weighted by atomic mass is 19.4. The minimum atomic E-state index is -4.55. The Morgan fingerprint density at radius 2 is 1.82 bits per heavy atom. The maximum Gasteiger partial charge on any atom is 0.416 e. The van der Waals surface area contributed by atoms with Gasteiger partial charge in [-0.15, -0.1) is 0 Å². The lowest BCUT2D eigenvalue weighted by Gasteiger charge is -2.14. The molecule has 0 amide bonds. The number of nitrogens with zero attached hydrogens (tertiary/aromatic N) is 1. The minimum Gasteiger partial charge on any atom is -0.454 e. The highest BCUT2D eigenvalue weighted by molar-refractivity contribution is 5.52. The van der Waals surface area contributed by atoms with E-state index in [-0.39, 0.29) is 12.4 Å². The van der Waals surface area contributed by atoms with Gasteiger partial charge in [0.05, 0.1) is 5.56 Å². The molecule has 1 aliphatic rings. The molecule has 0 unspecified atom stereocenters. The third-order valence-electron chi connectivity index (χ3n) is 4.16. The number of alkyl halides is 3. The Labute approximate surface area is 160 Å². The molecule has 0 radical (unpaired) electrons. The van der Waals surface area contributed by atoms with Crippen molar-refractivity contribution >= 4 is 6.08 Å². The molecule has 1 heterocycles. The van der Waals surface area contributed by atoms with Crippen molar-refractivity contribution in [2.24, 2.45) is 0 Å². The molecule has 0 N–H and O–H groups in total. The van der Waals surface area contributed by atoms with Crippen molar-refractivity contribution in [1.82, 2.24) is 4.90 Å². The molecule has 28 heavy (non-hydrogen) atoms. The van der Waals surface area contributed by atoms with E-state index >= 15 is 0 Å². The second-order valence-corrected chi connectivity index (χ2v) is 6.41. The Hall–Kier alpha value is -2.80. The summed E-state index contributed by atoms with van der Waals surface area (Å²) in [6.45, 7) is 1.59. The van der Waals surface area contributed by atoms with Crippen molar-refractivity contribution < 1.29 is 27.0 Å². The van der Waals surface area contributed by atoms with Gasteiger partial charge >= 0.3 is 6.18 Å². The van der Waals surface area contributed by atoms with Gasteiger partial charge in [0.15, 0.2) is 11.5 Å². The van der Waals surface area contributed by atoms with E-state index in [0.717, 1.165) is 29.2 Å². The van der Waals surface area contributed by atoms with Crippen LogP contribution in [0.25, 0.3) is 6.08 Å². The summed E-state index contributed by atoms with van der Waals surface area (Å²) in [6, 6.07) is 8.28. The zero-order chi connectivity index (χ0) is 20.1. The molecule has 0 aliphatic carbocycles. The van der Waals surface area contributed by atoms with Crippen LogP contribution in [-0.2, 0) is 12.7 Å². The molecule has 0 saturated carbocycles. The highest BCUT2D eigenvalue weighted by Crippen LogP contribution is 2.33. The second kappa shape index (κ2) is 8.48. The summed E-state index contributed by atoms with van der Waals surface area (Å²) in [5.41, 5.74) is 0.191. The number of likely N-dealkylation sites (N-methyl/N-ethyl adjacent to an activating group) is 1. The van der Waals surface area contributed by atoms with E-state index < -0.39 is 17.6 Å². The summed E-state index contributed by atoms with van der Waals surface area (Å²) in [4.78, 5) is 2.07. The number of allylic oxidation sites excluding steroid dienone is 2. The molecule has 0 bridgehead atoms. The van der Waals surface area contributed by atoms with Gasteiger partial charge in [0, 0.05) is 18.7 Å². The van der Waals surface area contributed by atoms with E-state index in [9.17, 15) is 17.6 Å². The van der Waals surface area contributed by atoms with Crippen LogP contribution >= 0.6 is 0 Å². The standard InChI is InChI=1S/C21H19F4NO2/c1-26(13-15-6-9-19-20(11-15)28-14-27-19)10-4-2-3-5-16-7-8-17(12-18(16)22)21(23,24)25/h2-9,11-12H,10,13-14H2,1H3. The van der Waals surface area contributed by atoms with Crippen LogP contribution in [0.1, 0.15) is 16.7 Å². The zero-order valence-electron chi connectivity index (χ0n) is 15.2. The molecule has 3 nitrogen and oxygen atoms in total. The number of ether oxygens (including phenoxy) is 2. The fourth-order valence-electron chi connectivity index (χ4n) is 2.73. The Kier molecular flexibility index (Phi) is 6.04. The normalized spacial score (nSPS) is 13.9. The van der Waals surface area contributed by atoms with Gasteiger partial charge in [-0.25, -0.2) is 4.39 Å². The maximum absolute atomic E-state index is 13.8.